The largest absolute Gasteiger partial charge is 0.0625 e. The Bertz CT molecular complexity index is 566. The number of benzene rings is 2. The molecule has 1 atom stereocenters. The third kappa shape index (κ3) is 2.95. The molecule has 2 aromatic rings. The molecule has 0 nitrogen and oxygen atoms in total. The van der Waals surface area contributed by atoms with Crippen molar-refractivity contribution in [3.8, 4) is 0 Å². The summed E-state index contributed by atoms with van der Waals surface area (Å²) >= 11 is 0. The summed E-state index contributed by atoms with van der Waals surface area (Å²) in [6, 6.07) is 18.1. The van der Waals surface area contributed by atoms with Crippen LogP contribution in [0.15, 0.2) is 48.5 Å². The first-order chi connectivity index (χ1) is 9.72. The van der Waals surface area contributed by atoms with E-state index in [4.69, 9.17) is 0 Å². The van der Waals surface area contributed by atoms with Crippen molar-refractivity contribution in [1.29, 1.82) is 0 Å². The van der Waals surface area contributed by atoms with Crippen molar-refractivity contribution in [2.45, 2.75) is 45.4 Å². The van der Waals surface area contributed by atoms with Crippen molar-refractivity contribution >= 4 is 0 Å². The summed E-state index contributed by atoms with van der Waals surface area (Å²) < 4.78 is 0. The number of hydrogen-bond donors (Lipinski definition) is 0. The molecular weight excluding hydrogens is 240 g/mol. The predicted molar refractivity (Wildman–Crippen MR) is 86.2 cm³/mol. The molecule has 0 heterocycles. The minimum atomic E-state index is 0.722. The monoisotopic (exact) mass is 264 g/mol. The molecule has 104 valence electrons. The Morgan fingerprint density at radius 2 is 1.80 bits per heavy atom. The van der Waals surface area contributed by atoms with Crippen LogP contribution in [0.2, 0.25) is 0 Å². The topological polar surface area (TPSA) is 0 Å². The maximum atomic E-state index is 2.48. The van der Waals surface area contributed by atoms with Gasteiger partial charge in [-0.1, -0.05) is 62.4 Å². The van der Waals surface area contributed by atoms with Crippen molar-refractivity contribution < 1.29 is 0 Å². The molecular formula is C20H24. The van der Waals surface area contributed by atoms with E-state index in [1.807, 2.05) is 0 Å². The molecule has 0 bridgehead atoms. The van der Waals surface area contributed by atoms with E-state index in [-0.39, 0.29) is 0 Å². The predicted octanol–water partition coefficient (Wildman–Crippen LogP) is 5.16. The van der Waals surface area contributed by atoms with Gasteiger partial charge in [-0.15, -0.1) is 0 Å². The number of fused-ring (bicyclic) bond motifs is 1. The number of aryl methyl sites for hydroxylation is 1. The first kappa shape index (κ1) is 13.4. The quantitative estimate of drug-likeness (QED) is 0.715. The fraction of sp³-hybridized carbons (Fsp3) is 0.400. The van der Waals surface area contributed by atoms with Crippen LogP contribution in [-0.2, 0) is 19.3 Å². The Morgan fingerprint density at radius 3 is 2.55 bits per heavy atom. The smallest absolute Gasteiger partial charge is 0.0115 e. The second-order valence-corrected chi connectivity index (χ2v) is 6.56. The fourth-order valence-corrected chi connectivity index (χ4v) is 3.45. The minimum absolute atomic E-state index is 0.722. The molecule has 20 heavy (non-hydrogen) atoms. The first-order valence-corrected chi connectivity index (χ1v) is 7.88. The Balaban J connectivity index is 1.81. The van der Waals surface area contributed by atoms with Gasteiger partial charge >= 0.3 is 0 Å². The normalized spacial score (nSPS) is 17.4. The van der Waals surface area contributed by atoms with Gasteiger partial charge in [0.15, 0.2) is 0 Å². The Hall–Kier alpha value is -1.56. The number of rotatable bonds is 4. The van der Waals surface area contributed by atoms with Crippen LogP contribution >= 0.6 is 0 Å². The highest BCUT2D eigenvalue weighted by molar-refractivity contribution is 5.39. The standard InChI is InChI=1S/C20H24/c1-15(2)12-17-8-9-18-10-11-19(20(18)14-17)13-16-6-4-3-5-7-16/h3-9,14-15,19H,10-13H2,1-2H3. The Labute approximate surface area is 122 Å². The van der Waals surface area contributed by atoms with Gasteiger partial charge in [0.05, 0.1) is 0 Å². The lowest BCUT2D eigenvalue weighted by Gasteiger charge is -2.14. The Morgan fingerprint density at radius 1 is 1.00 bits per heavy atom. The molecule has 0 spiro atoms. The molecule has 1 aliphatic carbocycles. The molecule has 0 fully saturated rings. The molecule has 3 rings (SSSR count). The third-order valence-corrected chi connectivity index (χ3v) is 4.38. The first-order valence-electron chi connectivity index (χ1n) is 7.88. The summed E-state index contributed by atoms with van der Waals surface area (Å²) in [4.78, 5) is 0. The molecule has 0 saturated heterocycles. The molecule has 0 aliphatic heterocycles. The molecule has 1 aliphatic rings. The molecule has 0 aromatic heterocycles. The molecule has 2 aromatic carbocycles. The van der Waals surface area contributed by atoms with E-state index < -0.39 is 0 Å². The minimum Gasteiger partial charge on any atom is -0.0625 e. The molecule has 0 N–H and O–H groups in total. The van der Waals surface area contributed by atoms with Crippen molar-refractivity contribution in [1.82, 2.24) is 0 Å². The second kappa shape index (κ2) is 5.83. The number of hydrogen-bond acceptors (Lipinski definition) is 0. The Kier molecular flexibility index (Phi) is 3.91. The zero-order valence-corrected chi connectivity index (χ0v) is 12.6. The van der Waals surface area contributed by atoms with E-state index in [0.717, 1.165) is 11.8 Å². The van der Waals surface area contributed by atoms with E-state index in [1.165, 1.54) is 36.8 Å². The van der Waals surface area contributed by atoms with Gasteiger partial charge in [0, 0.05) is 0 Å². The van der Waals surface area contributed by atoms with Crippen LogP contribution in [0.5, 0.6) is 0 Å². The molecule has 0 heteroatoms. The molecule has 0 amide bonds. The zero-order chi connectivity index (χ0) is 13.9. The summed E-state index contributed by atoms with van der Waals surface area (Å²) in [5, 5.41) is 0. The van der Waals surface area contributed by atoms with E-state index in [9.17, 15) is 0 Å². The van der Waals surface area contributed by atoms with Gasteiger partial charge in [-0.05, 0) is 59.8 Å². The average Bonchev–Trinajstić information content (AvgIpc) is 2.82. The van der Waals surface area contributed by atoms with E-state index in [1.54, 1.807) is 11.1 Å². The summed E-state index contributed by atoms with van der Waals surface area (Å²) in [7, 11) is 0. The molecule has 1 unspecified atom stereocenters. The summed E-state index contributed by atoms with van der Waals surface area (Å²) in [6.45, 7) is 4.60. The van der Waals surface area contributed by atoms with Crippen molar-refractivity contribution in [2.75, 3.05) is 0 Å². The van der Waals surface area contributed by atoms with Crippen LogP contribution in [0, 0.1) is 5.92 Å². The fourth-order valence-electron chi connectivity index (χ4n) is 3.45. The van der Waals surface area contributed by atoms with E-state index >= 15 is 0 Å². The van der Waals surface area contributed by atoms with Gasteiger partial charge in [0.2, 0.25) is 0 Å². The summed E-state index contributed by atoms with van der Waals surface area (Å²) in [5.74, 6) is 1.46. The van der Waals surface area contributed by atoms with Crippen molar-refractivity contribution in [3.63, 3.8) is 0 Å². The van der Waals surface area contributed by atoms with Crippen LogP contribution < -0.4 is 0 Å². The van der Waals surface area contributed by atoms with E-state index in [2.05, 4.69) is 62.4 Å². The highest BCUT2D eigenvalue weighted by atomic mass is 14.3. The SMILES string of the molecule is CC(C)Cc1ccc2c(c1)C(Cc1ccccc1)CC2. The van der Waals surface area contributed by atoms with Gasteiger partial charge < -0.3 is 0 Å². The van der Waals surface area contributed by atoms with Gasteiger partial charge in [-0.2, -0.15) is 0 Å². The molecule has 0 radical (unpaired) electrons. The third-order valence-electron chi connectivity index (χ3n) is 4.38. The van der Waals surface area contributed by atoms with Crippen LogP contribution in [0.4, 0.5) is 0 Å². The highest BCUT2D eigenvalue weighted by Crippen LogP contribution is 2.36. The van der Waals surface area contributed by atoms with Crippen molar-refractivity contribution in [3.05, 3.63) is 70.8 Å². The average molecular weight is 264 g/mol. The van der Waals surface area contributed by atoms with Crippen LogP contribution in [0.1, 0.15) is 48.4 Å². The van der Waals surface area contributed by atoms with Crippen molar-refractivity contribution in [2.24, 2.45) is 5.92 Å². The van der Waals surface area contributed by atoms with Crippen LogP contribution in [-0.4, -0.2) is 0 Å². The highest BCUT2D eigenvalue weighted by Gasteiger charge is 2.22. The van der Waals surface area contributed by atoms with Gasteiger partial charge in [-0.3, -0.25) is 0 Å². The lowest BCUT2D eigenvalue weighted by molar-refractivity contribution is 0.643. The van der Waals surface area contributed by atoms with Gasteiger partial charge in [-0.25, -0.2) is 0 Å². The van der Waals surface area contributed by atoms with Crippen LogP contribution in [0.25, 0.3) is 0 Å². The van der Waals surface area contributed by atoms with Crippen LogP contribution in [0.3, 0.4) is 0 Å². The van der Waals surface area contributed by atoms with E-state index in [0.29, 0.717) is 0 Å². The molecule has 0 saturated carbocycles. The maximum absolute atomic E-state index is 2.48. The zero-order valence-electron chi connectivity index (χ0n) is 12.6. The maximum Gasteiger partial charge on any atom is -0.0115 e. The van der Waals surface area contributed by atoms with Gasteiger partial charge in [0.1, 0.15) is 0 Å². The van der Waals surface area contributed by atoms with Gasteiger partial charge in [0.25, 0.3) is 0 Å². The summed E-state index contributed by atoms with van der Waals surface area (Å²) in [5.41, 5.74) is 6.18. The summed E-state index contributed by atoms with van der Waals surface area (Å²) in [6.07, 6.45) is 4.97. The lowest BCUT2D eigenvalue weighted by atomic mass is 9.91. The second-order valence-electron chi connectivity index (χ2n) is 6.56. The lowest BCUT2D eigenvalue weighted by Crippen LogP contribution is -2.01.